The van der Waals surface area contributed by atoms with Crippen molar-refractivity contribution in [1.29, 1.82) is 0 Å². The first-order valence-corrected chi connectivity index (χ1v) is 8.65. The predicted molar refractivity (Wildman–Crippen MR) is 94.0 cm³/mol. The minimum absolute atomic E-state index is 0.110. The summed E-state index contributed by atoms with van der Waals surface area (Å²) in [6.45, 7) is 3.96. The van der Waals surface area contributed by atoms with Gasteiger partial charge in [0.25, 0.3) is 5.91 Å². The van der Waals surface area contributed by atoms with E-state index in [9.17, 15) is 9.59 Å². The Hall–Kier alpha value is -2.35. The summed E-state index contributed by atoms with van der Waals surface area (Å²) in [6.07, 6.45) is 2.45. The van der Waals surface area contributed by atoms with Crippen LogP contribution in [-0.2, 0) is 11.8 Å². The number of thioether (sulfide) groups is 1. The van der Waals surface area contributed by atoms with E-state index in [1.165, 1.54) is 11.8 Å². The van der Waals surface area contributed by atoms with E-state index in [0.717, 1.165) is 6.42 Å². The van der Waals surface area contributed by atoms with Crippen molar-refractivity contribution in [2.75, 3.05) is 11.1 Å². The second-order valence-corrected chi connectivity index (χ2v) is 6.37. The minimum atomic E-state index is -0.164. The lowest BCUT2D eigenvalue weighted by Crippen LogP contribution is -2.31. The molecule has 0 radical (unpaired) electrons. The van der Waals surface area contributed by atoms with Crippen molar-refractivity contribution in [2.45, 2.75) is 31.5 Å². The van der Waals surface area contributed by atoms with Gasteiger partial charge in [0, 0.05) is 24.3 Å². The van der Waals surface area contributed by atoms with E-state index in [-0.39, 0.29) is 23.6 Å². The number of nitrogens with one attached hydrogen (secondary N) is 2. The van der Waals surface area contributed by atoms with Gasteiger partial charge in [-0.05, 0) is 31.5 Å². The molecular formula is C16H21N5O2S. The molecule has 1 aromatic heterocycles. The number of amides is 2. The third-order valence-corrected chi connectivity index (χ3v) is 4.43. The quantitative estimate of drug-likeness (QED) is 0.749. The van der Waals surface area contributed by atoms with Gasteiger partial charge < -0.3 is 15.2 Å². The van der Waals surface area contributed by atoms with E-state index < -0.39 is 0 Å². The largest absolute Gasteiger partial charge is 0.350 e. The van der Waals surface area contributed by atoms with Gasteiger partial charge in [-0.3, -0.25) is 9.59 Å². The summed E-state index contributed by atoms with van der Waals surface area (Å²) in [6, 6.07) is 7.00. The zero-order chi connectivity index (χ0) is 17.5. The van der Waals surface area contributed by atoms with Gasteiger partial charge in [-0.2, -0.15) is 0 Å². The van der Waals surface area contributed by atoms with Crippen LogP contribution >= 0.6 is 11.8 Å². The Morgan fingerprint density at radius 3 is 2.83 bits per heavy atom. The van der Waals surface area contributed by atoms with E-state index in [2.05, 4.69) is 20.8 Å². The van der Waals surface area contributed by atoms with E-state index in [1.807, 2.05) is 20.9 Å². The first kappa shape index (κ1) is 18.0. The maximum Gasteiger partial charge on any atom is 0.251 e. The number of aryl methyl sites for hydroxylation is 1. The summed E-state index contributed by atoms with van der Waals surface area (Å²) in [5, 5.41) is 14.0. The molecular weight excluding hydrogens is 326 g/mol. The van der Waals surface area contributed by atoms with E-state index in [1.54, 1.807) is 35.2 Å². The standard InChI is InChI=1S/C16H21N5O2S/c1-4-11(2)18-15(23)12-6-5-7-13(8-12)19-14(22)9-24-16-20-17-10-21(16)3/h5-8,10-11H,4,9H2,1-3H3,(H,18,23)(H,19,22). The molecule has 0 spiro atoms. The first-order chi connectivity index (χ1) is 11.5. The predicted octanol–water partition coefficient (Wildman–Crippen LogP) is 2.07. The normalized spacial score (nSPS) is 11.8. The minimum Gasteiger partial charge on any atom is -0.350 e. The third-order valence-electron chi connectivity index (χ3n) is 3.40. The Morgan fingerprint density at radius 1 is 1.38 bits per heavy atom. The van der Waals surface area contributed by atoms with Gasteiger partial charge in [0.05, 0.1) is 5.75 Å². The van der Waals surface area contributed by atoms with Crippen molar-refractivity contribution in [3.8, 4) is 0 Å². The summed E-state index contributed by atoms with van der Waals surface area (Å²) >= 11 is 1.30. The summed E-state index contributed by atoms with van der Waals surface area (Å²) in [7, 11) is 1.82. The second-order valence-electron chi connectivity index (χ2n) is 5.42. The van der Waals surface area contributed by atoms with Crippen LogP contribution in [0.2, 0.25) is 0 Å². The molecule has 0 saturated carbocycles. The third kappa shape index (κ3) is 5.09. The molecule has 2 rings (SSSR count). The summed E-state index contributed by atoms with van der Waals surface area (Å²) in [4.78, 5) is 24.2. The van der Waals surface area contributed by atoms with Gasteiger partial charge in [0.2, 0.25) is 5.91 Å². The highest BCUT2D eigenvalue weighted by Crippen LogP contribution is 2.15. The molecule has 0 aliphatic carbocycles. The molecule has 0 saturated heterocycles. The van der Waals surface area contributed by atoms with Gasteiger partial charge in [0.1, 0.15) is 6.33 Å². The van der Waals surface area contributed by atoms with Crippen LogP contribution in [0.5, 0.6) is 0 Å². The highest BCUT2D eigenvalue weighted by molar-refractivity contribution is 7.99. The smallest absolute Gasteiger partial charge is 0.251 e. The average Bonchev–Trinajstić information content (AvgIpc) is 2.98. The highest BCUT2D eigenvalue weighted by Gasteiger charge is 2.11. The van der Waals surface area contributed by atoms with Gasteiger partial charge in [-0.1, -0.05) is 24.8 Å². The number of aromatic nitrogens is 3. The van der Waals surface area contributed by atoms with Crippen LogP contribution in [-0.4, -0.2) is 38.4 Å². The number of nitrogens with zero attached hydrogens (tertiary/aromatic N) is 3. The number of rotatable bonds is 7. The monoisotopic (exact) mass is 347 g/mol. The van der Waals surface area contributed by atoms with Gasteiger partial charge in [0.15, 0.2) is 5.16 Å². The Bertz CT molecular complexity index is 716. The summed E-state index contributed by atoms with van der Waals surface area (Å²) in [5.41, 5.74) is 1.12. The highest BCUT2D eigenvalue weighted by atomic mass is 32.2. The van der Waals surface area contributed by atoms with Crippen molar-refractivity contribution in [3.63, 3.8) is 0 Å². The molecule has 0 aliphatic heterocycles. The van der Waals surface area contributed by atoms with Crippen LogP contribution < -0.4 is 10.6 Å². The van der Waals surface area contributed by atoms with Crippen LogP contribution in [0, 0.1) is 0 Å². The van der Waals surface area contributed by atoms with Crippen LogP contribution in [0.15, 0.2) is 35.7 Å². The number of hydrogen-bond acceptors (Lipinski definition) is 5. The van der Waals surface area contributed by atoms with Crippen LogP contribution in [0.3, 0.4) is 0 Å². The van der Waals surface area contributed by atoms with Crippen molar-refractivity contribution >= 4 is 29.3 Å². The maximum atomic E-state index is 12.1. The van der Waals surface area contributed by atoms with Gasteiger partial charge in [-0.15, -0.1) is 10.2 Å². The topological polar surface area (TPSA) is 88.9 Å². The molecule has 0 fully saturated rings. The van der Waals surface area contributed by atoms with Crippen molar-refractivity contribution < 1.29 is 9.59 Å². The Morgan fingerprint density at radius 2 is 2.17 bits per heavy atom. The van der Waals surface area contributed by atoms with E-state index in [0.29, 0.717) is 16.4 Å². The molecule has 0 bridgehead atoms. The Kier molecular flexibility index (Phi) is 6.36. The second kappa shape index (κ2) is 8.49. The van der Waals surface area contributed by atoms with E-state index in [4.69, 9.17) is 0 Å². The van der Waals surface area contributed by atoms with Crippen LogP contribution in [0.1, 0.15) is 30.6 Å². The molecule has 1 atom stereocenters. The van der Waals surface area contributed by atoms with Gasteiger partial charge >= 0.3 is 0 Å². The lowest BCUT2D eigenvalue weighted by molar-refractivity contribution is -0.113. The fourth-order valence-electron chi connectivity index (χ4n) is 1.88. The fraction of sp³-hybridized carbons (Fsp3) is 0.375. The summed E-state index contributed by atoms with van der Waals surface area (Å²) < 4.78 is 1.75. The summed E-state index contributed by atoms with van der Waals surface area (Å²) in [5.74, 6) is -0.0908. The average molecular weight is 347 g/mol. The molecule has 0 aliphatic rings. The molecule has 8 heteroatoms. The van der Waals surface area contributed by atoms with E-state index >= 15 is 0 Å². The molecule has 128 valence electrons. The maximum absolute atomic E-state index is 12.1. The Labute approximate surface area is 145 Å². The zero-order valence-electron chi connectivity index (χ0n) is 13.9. The molecule has 24 heavy (non-hydrogen) atoms. The number of carbonyl (C=O) groups is 2. The lowest BCUT2D eigenvalue weighted by atomic mass is 10.1. The number of benzene rings is 1. The molecule has 2 amide bonds. The van der Waals surface area contributed by atoms with Crippen molar-refractivity contribution in [1.82, 2.24) is 20.1 Å². The molecule has 1 heterocycles. The molecule has 1 aromatic carbocycles. The van der Waals surface area contributed by atoms with Gasteiger partial charge in [-0.25, -0.2) is 0 Å². The Balaban J connectivity index is 1.92. The molecule has 7 nitrogen and oxygen atoms in total. The number of hydrogen-bond donors (Lipinski definition) is 2. The van der Waals surface area contributed by atoms with Crippen molar-refractivity contribution in [2.24, 2.45) is 7.05 Å². The molecule has 2 N–H and O–H groups in total. The molecule has 2 aromatic rings. The lowest BCUT2D eigenvalue weighted by Gasteiger charge is -2.12. The van der Waals surface area contributed by atoms with Crippen LogP contribution in [0.4, 0.5) is 5.69 Å². The number of carbonyl (C=O) groups excluding carboxylic acids is 2. The molecule has 1 unspecified atom stereocenters. The number of anilines is 1. The fourth-order valence-corrected chi connectivity index (χ4v) is 2.57. The first-order valence-electron chi connectivity index (χ1n) is 7.67. The van der Waals surface area contributed by atoms with Crippen LogP contribution in [0.25, 0.3) is 0 Å². The zero-order valence-corrected chi connectivity index (χ0v) is 14.8. The van der Waals surface area contributed by atoms with Crippen molar-refractivity contribution in [3.05, 3.63) is 36.2 Å². The SMILES string of the molecule is CCC(C)NC(=O)c1cccc(NC(=O)CSc2nncn2C)c1.